The van der Waals surface area contributed by atoms with Crippen LogP contribution in [0.2, 0.25) is 0 Å². The number of aliphatic hydroxyl groups is 1. The van der Waals surface area contributed by atoms with Crippen LogP contribution in [0.3, 0.4) is 0 Å². The van der Waals surface area contributed by atoms with E-state index in [1.165, 1.54) is 0 Å². The maximum absolute atomic E-state index is 9.30. The molecule has 4 nitrogen and oxygen atoms in total. The van der Waals surface area contributed by atoms with Crippen molar-refractivity contribution < 1.29 is 5.11 Å². The van der Waals surface area contributed by atoms with Crippen molar-refractivity contribution in [3.63, 3.8) is 0 Å². The first kappa shape index (κ1) is 11.3. The summed E-state index contributed by atoms with van der Waals surface area (Å²) in [5.74, 6) is 0. The summed E-state index contributed by atoms with van der Waals surface area (Å²) in [5, 5.41) is 9.30. The fourth-order valence-electron chi connectivity index (χ4n) is 2.16. The summed E-state index contributed by atoms with van der Waals surface area (Å²) >= 11 is 4.99. The maximum Gasteiger partial charge on any atom is 0.124 e. The van der Waals surface area contributed by atoms with Crippen LogP contribution in [0.4, 0.5) is 5.69 Å². The second-order valence-electron chi connectivity index (χ2n) is 3.91. The van der Waals surface area contributed by atoms with Gasteiger partial charge in [-0.25, -0.2) is 0 Å². The lowest BCUT2D eigenvalue weighted by molar-refractivity contribution is 0.266. The minimum atomic E-state index is 0.158. The monoisotopic (exact) mass is 237 g/mol. The van der Waals surface area contributed by atoms with Crippen molar-refractivity contribution in [2.24, 2.45) is 5.73 Å². The molecule has 1 saturated heterocycles. The van der Waals surface area contributed by atoms with E-state index in [0.717, 1.165) is 25.1 Å². The molecule has 0 amide bonds. The highest BCUT2D eigenvalue weighted by Crippen LogP contribution is 2.27. The van der Waals surface area contributed by atoms with Gasteiger partial charge in [0.05, 0.1) is 18.3 Å². The van der Waals surface area contributed by atoms with E-state index in [0.29, 0.717) is 10.7 Å². The van der Waals surface area contributed by atoms with Crippen LogP contribution < -0.4 is 10.6 Å². The SMILES string of the molecule is NC(=S)c1ncccc1N1CCCC1CO. The van der Waals surface area contributed by atoms with Gasteiger partial charge >= 0.3 is 0 Å². The molecule has 1 aliphatic heterocycles. The zero-order valence-electron chi connectivity index (χ0n) is 8.97. The van der Waals surface area contributed by atoms with E-state index in [1.54, 1.807) is 6.20 Å². The molecular formula is C11H15N3OS. The van der Waals surface area contributed by atoms with Crippen LogP contribution in [0.5, 0.6) is 0 Å². The van der Waals surface area contributed by atoms with Gasteiger partial charge < -0.3 is 15.7 Å². The molecule has 0 radical (unpaired) electrons. The molecule has 16 heavy (non-hydrogen) atoms. The fourth-order valence-corrected chi connectivity index (χ4v) is 2.32. The van der Waals surface area contributed by atoms with Gasteiger partial charge in [0.15, 0.2) is 0 Å². The first-order valence-corrected chi connectivity index (χ1v) is 5.77. The number of thiocarbonyl (C=S) groups is 1. The van der Waals surface area contributed by atoms with Crippen LogP contribution in [0.25, 0.3) is 0 Å². The number of nitrogens with zero attached hydrogens (tertiary/aromatic N) is 2. The quantitative estimate of drug-likeness (QED) is 0.757. The van der Waals surface area contributed by atoms with Crippen LogP contribution in [0.15, 0.2) is 18.3 Å². The van der Waals surface area contributed by atoms with E-state index < -0.39 is 0 Å². The number of pyridine rings is 1. The summed E-state index contributed by atoms with van der Waals surface area (Å²) in [6.07, 6.45) is 3.76. The summed E-state index contributed by atoms with van der Waals surface area (Å²) in [4.78, 5) is 6.65. The molecule has 1 aliphatic rings. The van der Waals surface area contributed by atoms with Gasteiger partial charge in [0, 0.05) is 12.7 Å². The van der Waals surface area contributed by atoms with Gasteiger partial charge in [-0.1, -0.05) is 12.2 Å². The van der Waals surface area contributed by atoms with Gasteiger partial charge in [-0.3, -0.25) is 4.98 Å². The number of aromatic nitrogens is 1. The Labute approximate surface area is 100 Å². The Morgan fingerprint density at radius 3 is 3.19 bits per heavy atom. The lowest BCUT2D eigenvalue weighted by Crippen LogP contribution is -2.34. The Morgan fingerprint density at radius 2 is 2.50 bits per heavy atom. The minimum Gasteiger partial charge on any atom is -0.394 e. The van der Waals surface area contributed by atoms with E-state index >= 15 is 0 Å². The lowest BCUT2D eigenvalue weighted by atomic mass is 10.2. The van der Waals surface area contributed by atoms with Gasteiger partial charge in [-0.05, 0) is 25.0 Å². The number of rotatable bonds is 3. The summed E-state index contributed by atoms with van der Waals surface area (Å²) in [6.45, 7) is 1.08. The Kier molecular flexibility index (Phi) is 3.36. The Morgan fingerprint density at radius 1 is 1.69 bits per heavy atom. The van der Waals surface area contributed by atoms with Crippen molar-refractivity contribution in [1.82, 2.24) is 4.98 Å². The zero-order valence-corrected chi connectivity index (χ0v) is 9.78. The van der Waals surface area contributed by atoms with Crippen molar-refractivity contribution in [1.29, 1.82) is 0 Å². The second kappa shape index (κ2) is 4.76. The summed E-state index contributed by atoms with van der Waals surface area (Å²) in [5.41, 5.74) is 7.24. The van der Waals surface area contributed by atoms with E-state index in [9.17, 15) is 5.11 Å². The largest absolute Gasteiger partial charge is 0.394 e. The Hall–Kier alpha value is -1.20. The topological polar surface area (TPSA) is 62.4 Å². The predicted molar refractivity (Wildman–Crippen MR) is 67.6 cm³/mol. The summed E-state index contributed by atoms with van der Waals surface area (Å²) in [7, 11) is 0. The maximum atomic E-state index is 9.30. The van der Waals surface area contributed by atoms with Crippen LogP contribution in [0.1, 0.15) is 18.5 Å². The van der Waals surface area contributed by atoms with Crippen LogP contribution in [-0.2, 0) is 0 Å². The third-order valence-corrected chi connectivity index (χ3v) is 3.11. The molecule has 1 aromatic heterocycles. The number of hydrogen-bond donors (Lipinski definition) is 2. The van der Waals surface area contributed by atoms with Gasteiger partial charge in [-0.15, -0.1) is 0 Å². The third-order valence-electron chi connectivity index (χ3n) is 2.92. The van der Waals surface area contributed by atoms with Gasteiger partial charge in [-0.2, -0.15) is 0 Å². The van der Waals surface area contributed by atoms with E-state index in [-0.39, 0.29) is 12.6 Å². The van der Waals surface area contributed by atoms with Crippen LogP contribution >= 0.6 is 12.2 Å². The third kappa shape index (κ3) is 2.01. The van der Waals surface area contributed by atoms with Gasteiger partial charge in [0.2, 0.25) is 0 Å². The molecule has 5 heteroatoms. The molecule has 86 valence electrons. The molecule has 0 spiro atoms. The molecule has 0 bridgehead atoms. The molecule has 2 heterocycles. The average Bonchev–Trinajstić information content (AvgIpc) is 2.76. The van der Waals surface area contributed by atoms with Crippen molar-refractivity contribution in [3.05, 3.63) is 24.0 Å². The standard InChI is InChI=1S/C11H15N3OS/c12-11(16)10-9(4-1-5-13-10)14-6-2-3-8(14)7-15/h1,4-5,8,15H,2-3,6-7H2,(H2,12,16). The molecule has 3 N–H and O–H groups in total. The van der Waals surface area contributed by atoms with E-state index in [1.807, 2.05) is 12.1 Å². The second-order valence-corrected chi connectivity index (χ2v) is 4.35. The molecule has 0 saturated carbocycles. The predicted octanol–water partition coefficient (Wildman–Crippen LogP) is 0.677. The van der Waals surface area contributed by atoms with Crippen LogP contribution in [0, 0.1) is 0 Å². The normalized spacial score (nSPS) is 20.1. The highest BCUT2D eigenvalue weighted by atomic mass is 32.1. The van der Waals surface area contributed by atoms with Gasteiger partial charge in [0.1, 0.15) is 10.7 Å². The highest BCUT2D eigenvalue weighted by Gasteiger charge is 2.26. The molecule has 1 unspecified atom stereocenters. The van der Waals surface area contributed by atoms with Crippen molar-refractivity contribution in [3.8, 4) is 0 Å². The summed E-state index contributed by atoms with van der Waals surface area (Å²) < 4.78 is 0. The molecule has 1 aromatic rings. The molecular weight excluding hydrogens is 222 g/mol. The molecule has 0 aromatic carbocycles. The van der Waals surface area contributed by atoms with E-state index in [4.69, 9.17) is 18.0 Å². The minimum absolute atomic E-state index is 0.158. The Bertz CT molecular complexity index is 397. The lowest BCUT2D eigenvalue weighted by Gasteiger charge is -2.26. The molecule has 0 aliphatic carbocycles. The van der Waals surface area contributed by atoms with E-state index in [2.05, 4.69) is 9.88 Å². The number of nitrogens with two attached hydrogens (primary N) is 1. The average molecular weight is 237 g/mol. The number of hydrogen-bond acceptors (Lipinski definition) is 4. The van der Waals surface area contributed by atoms with Crippen LogP contribution in [-0.4, -0.2) is 34.3 Å². The van der Waals surface area contributed by atoms with Gasteiger partial charge in [0.25, 0.3) is 0 Å². The zero-order chi connectivity index (χ0) is 11.5. The molecule has 2 rings (SSSR count). The Balaban J connectivity index is 2.35. The highest BCUT2D eigenvalue weighted by molar-refractivity contribution is 7.80. The number of aliphatic hydroxyl groups excluding tert-OH is 1. The van der Waals surface area contributed by atoms with Crippen molar-refractivity contribution in [2.45, 2.75) is 18.9 Å². The molecule has 1 fully saturated rings. The fraction of sp³-hybridized carbons (Fsp3) is 0.455. The number of anilines is 1. The smallest absolute Gasteiger partial charge is 0.124 e. The summed E-state index contributed by atoms with van der Waals surface area (Å²) in [6, 6.07) is 3.98. The van der Waals surface area contributed by atoms with Crippen molar-refractivity contribution >= 4 is 22.9 Å². The van der Waals surface area contributed by atoms with Crippen molar-refractivity contribution in [2.75, 3.05) is 18.1 Å². The molecule has 1 atom stereocenters. The first-order chi connectivity index (χ1) is 7.74. The first-order valence-electron chi connectivity index (χ1n) is 5.36.